The van der Waals surface area contributed by atoms with Gasteiger partial charge in [-0.05, 0) is 48.8 Å². The highest BCUT2D eigenvalue weighted by atomic mass is 79.9. The Morgan fingerprint density at radius 1 is 1.45 bits per heavy atom. The van der Waals surface area contributed by atoms with Crippen molar-refractivity contribution >= 4 is 44.4 Å². The molecule has 5 nitrogen and oxygen atoms in total. The maximum Gasteiger partial charge on any atom is 0.316 e. The van der Waals surface area contributed by atoms with Gasteiger partial charge in [-0.1, -0.05) is 11.8 Å². The summed E-state index contributed by atoms with van der Waals surface area (Å²) in [5.74, 6) is 0.675. The summed E-state index contributed by atoms with van der Waals surface area (Å²) in [7, 11) is 0. The fraction of sp³-hybridized carbons (Fsp3) is 0.462. The zero-order valence-electron chi connectivity index (χ0n) is 11.5. The number of hydrogen-bond donors (Lipinski definition) is 0. The third kappa shape index (κ3) is 4.49. The Balaban J connectivity index is 1.79. The number of ether oxygens (including phenoxy) is 1. The Morgan fingerprint density at radius 3 is 2.80 bits per heavy atom. The predicted octanol–water partition coefficient (Wildman–Crippen LogP) is 3.62. The summed E-state index contributed by atoms with van der Waals surface area (Å²) in [6, 6.07) is 3.64. The summed E-state index contributed by atoms with van der Waals surface area (Å²) >= 11 is 4.59. The van der Waals surface area contributed by atoms with Crippen molar-refractivity contribution in [3.8, 4) is 0 Å². The molecule has 1 aromatic heterocycles. The van der Waals surface area contributed by atoms with E-state index in [1.807, 2.05) is 32.9 Å². The SMILES string of the molecule is CC(C)(C)OC(=O)CSC1=NN=C(c2ccc(Br)o2)C1. The number of esters is 1. The Kier molecular flexibility index (Phi) is 4.70. The Hall–Kier alpha value is -1.08. The van der Waals surface area contributed by atoms with Gasteiger partial charge in [0.1, 0.15) is 16.4 Å². The van der Waals surface area contributed by atoms with Gasteiger partial charge in [0.15, 0.2) is 10.4 Å². The monoisotopic (exact) mass is 358 g/mol. The van der Waals surface area contributed by atoms with Gasteiger partial charge in [0, 0.05) is 6.42 Å². The van der Waals surface area contributed by atoms with Crippen molar-refractivity contribution in [1.82, 2.24) is 0 Å². The van der Waals surface area contributed by atoms with Gasteiger partial charge in [-0.15, -0.1) is 5.10 Å². The smallest absolute Gasteiger partial charge is 0.316 e. The molecule has 0 unspecified atom stereocenters. The number of hydrogen-bond acceptors (Lipinski definition) is 6. The average Bonchev–Trinajstić information content (AvgIpc) is 2.92. The van der Waals surface area contributed by atoms with Crippen LogP contribution in [0.3, 0.4) is 0 Å². The molecule has 0 radical (unpaired) electrons. The molecule has 0 saturated heterocycles. The van der Waals surface area contributed by atoms with Crippen molar-refractivity contribution in [1.29, 1.82) is 0 Å². The molecule has 1 aromatic rings. The molecule has 0 bridgehead atoms. The third-order valence-electron chi connectivity index (χ3n) is 2.24. The number of thioether (sulfide) groups is 1. The van der Waals surface area contributed by atoms with Crippen LogP contribution in [0, 0.1) is 0 Å². The lowest BCUT2D eigenvalue weighted by atomic mass is 10.2. The van der Waals surface area contributed by atoms with Crippen LogP contribution in [0.2, 0.25) is 0 Å². The molecule has 7 heteroatoms. The van der Waals surface area contributed by atoms with Crippen LogP contribution < -0.4 is 0 Å². The van der Waals surface area contributed by atoms with E-state index < -0.39 is 5.60 Å². The molecule has 2 heterocycles. The van der Waals surface area contributed by atoms with E-state index in [0.717, 1.165) is 10.8 Å². The van der Waals surface area contributed by atoms with Crippen molar-refractivity contribution in [2.45, 2.75) is 32.8 Å². The Labute approximate surface area is 130 Å². The minimum Gasteiger partial charge on any atom is -0.459 e. The summed E-state index contributed by atoms with van der Waals surface area (Å²) in [5.41, 5.74) is 0.305. The Morgan fingerprint density at radius 2 is 2.20 bits per heavy atom. The molecule has 108 valence electrons. The number of carbonyl (C=O) groups excluding carboxylic acids is 1. The van der Waals surface area contributed by atoms with Crippen molar-refractivity contribution in [2.24, 2.45) is 10.2 Å². The van der Waals surface area contributed by atoms with Crippen molar-refractivity contribution < 1.29 is 13.9 Å². The van der Waals surface area contributed by atoms with Crippen molar-refractivity contribution in [3.63, 3.8) is 0 Å². The van der Waals surface area contributed by atoms with E-state index in [1.165, 1.54) is 11.8 Å². The summed E-state index contributed by atoms with van der Waals surface area (Å²) in [5, 5.41) is 8.92. The van der Waals surface area contributed by atoms with Crippen LogP contribution in [-0.2, 0) is 9.53 Å². The highest BCUT2D eigenvalue weighted by molar-refractivity contribution is 9.10. The maximum atomic E-state index is 11.6. The van der Waals surface area contributed by atoms with E-state index in [2.05, 4.69) is 26.1 Å². The molecule has 1 aliphatic heterocycles. The van der Waals surface area contributed by atoms with Gasteiger partial charge in [-0.3, -0.25) is 4.79 Å². The molecule has 0 atom stereocenters. The zero-order valence-corrected chi connectivity index (χ0v) is 13.9. The van der Waals surface area contributed by atoms with Gasteiger partial charge >= 0.3 is 5.97 Å². The van der Waals surface area contributed by atoms with Gasteiger partial charge < -0.3 is 9.15 Å². The largest absolute Gasteiger partial charge is 0.459 e. The lowest BCUT2D eigenvalue weighted by molar-refractivity contribution is -0.151. The second kappa shape index (κ2) is 6.13. The lowest BCUT2D eigenvalue weighted by Gasteiger charge is -2.19. The van der Waals surface area contributed by atoms with Crippen LogP contribution in [0.5, 0.6) is 0 Å². The standard InChI is InChI=1S/C13H15BrN2O3S/c1-13(2,3)19-12(17)7-20-11-6-8(15-16-11)9-4-5-10(14)18-9/h4-5H,6-7H2,1-3H3. The van der Waals surface area contributed by atoms with Gasteiger partial charge in [0.2, 0.25) is 0 Å². The van der Waals surface area contributed by atoms with E-state index in [-0.39, 0.29) is 11.7 Å². The van der Waals surface area contributed by atoms with Crippen LogP contribution in [0.1, 0.15) is 33.0 Å². The van der Waals surface area contributed by atoms with Crippen LogP contribution in [0.4, 0.5) is 0 Å². The molecule has 1 aliphatic rings. The van der Waals surface area contributed by atoms with Crippen LogP contribution in [-0.4, -0.2) is 28.1 Å². The quantitative estimate of drug-likeness (QED) is 0.774. The lowest BCUT2D eigenvalue weighted by Crippen LogP contribution is -2.25. The first kappa shape index (κ1) is 15.3. The number of rotatable bonds is 3. The minimum atomic E-state index is -0.461. The molecular weight excluding hydrogens is 344 g/mol. The van der Waals surface area contributed by atoms with E-state index in [1.54, 1.807) is 0 Å². The summed E-state index contributed by atoms with van der Waals surface area (Å²) in [6.45, 7) is 5.54. The number of nitrogens with zero attached hydrogens (tertiary/aromatic N) is 2. The van der Waals surface area contributed by atoms with Crippen molar-refractivity contribution in [3.05, 3.63) is 22.6 Å². The van der Waals surface area contributed by atoms with Crippen molar-refractivity contribution in [2.75, 3.05) is 5.75 Å². The first-order chi connectivity index (χ1) is 9.33. The molecular formula is C13H15BrN2O3S. The molecule has 20 heavy (non-hydrogen) atoms. The van der Waals surface area contributed by atoms with Gasteiger partial charge in [0.25, 0.3) is 0 Å². The normalized spacial score (nSPS) is 15.0. The van der Waals surface area contributed by atoms with Gasteiger partial charge in [-0.2, -0.15) is 5.10 Å². The second-order valence-corrected chi connectivity index (χ2v) is 7.03. The van der Waals surface area contributed by atoms with Crippen LogP contribution >= 0.6 is 27.7 Å². The molecule has 2 rings (SSSR count). The fourth-order valence-electron chi connectivity index (χ4n) is 1.53. The molecule has 0 fully saturated rings. The number of furan rings is 1. The zero-order chi connectivity index (χ0) is 14.8. The molecule has 0 aromatic carbocycles. The molecule has 0 N–H and O–H groups in total. The topological polar surface area (TPSA) is 64.2 Å². The maximum absolute atomic E-state index is 11.6. The highest BCUT2D eigenvalue weighted by Gasteiger charge is 2.21. The predicted molar refractivity (Wildman–Crippen MR) is 83.3 cm³/mol. The second-order valence-electron chi connectivity index (χ2n) is 5.20. The minimum absolute atomic E-state index is 0.237. The van der Waals surface area contributed by atoms with E-state index in [0.29, 0.717) is 16.9 Å². The number of halogens is 1. The first-order valence-electron chi connectivity index (χ1n) is 6.07. The highest BCUT2D eigenvalue weighted by Crippen LogP contribution is 2.22. The Bertz CT molecular complexity index is 572. The van der Waals surface area contributed by atoms with Gasteiger partial charge in [0.05, 0.1) is 5.75 Å². The number of carbonyl (C=O) groups is 1. The van der Waals surface area contributed by atoms with E-state index in [4.69, 9.17) is 9.15 Å². The molecule has 0 amide bonds. The summed E-state index contributed by atoms with van der Waals surface area (Å²) in [6.07, 6.45) is 0.577. The molecule has 0 saturated carbocycles. The van der Waals surface area contributed by atoms with Gasteiger partial charge in [-0.25, -0.2) is 0 Å². The average molecular weight is 359 g/mol. The van der Waals surface area contributed by atoms with E-state index >= 15 is 0 Å². The fourth-order valence-corrected chi connectivity index (χ4v) is 2.52. The van der Waals surface area contributed by atoms with Crippen LogP contribution in [0.15, 0.2) is 31.4 Å². The third-order valence-corrected chi connectivity index (χ3v) is 3.60. The first-order valence-corrected chi connectivity index (χ1v) is 7.85. The summed E-state index contributed by atoms with van der Waals surface area (Å²) in [4.78, 5) is 11.6. The molecule has 0 spiro atoms. The summed E-state index contributed by atoms with van der Waals surface area (Å²) < 4.78 is 11.3. The molecule has 0 aliphatic carbocycles. The van der Waals surface area contributed by atoms with Crippen LogP contribution in [0.25, 0.3) is 0 Å². The van der Waals surface area contributed by atoms with E-state index in [9.17, 15) is 4.79 Å².